The Bertz CT molecular complexity index is 499. The van der Waals surface area contributed by atoms with Gasteiger partial charge in [-0.2, -0.15) is 0 Å². The number of aromatic nitrogens is 2. The molecule has 0 aliphatic rings. The van der Waals surface area contributed by atoms with Gasteiger partial charge in [-0.25, -0.2) is 4.98 Å². The van der Waals surface area contributed by atoms with E-state index in [0.29, 0.717) is 21.8 Å². The normalized spacial score (nSPS) is 10.1. The highest BCUT2D eigenvalue weighted by molar-refractivity contribution is 9.10. The second-order valence-corrected chi connectivity index (χ2v) is 4.15. The molecule has 0 spiro atoms. The number of ether oxygens (including phenoxy) is 1. The van der Waals surface area contributed by atoms with Crippen molar-refractivity contribution in [1.82, 2.24) is 9.97 Å². The number of nitrogen functional groups attached to an aromatic ring is 1. The van der Waals surface area contributed by atoms with Gasteiger partial charge in [-0.3, -0.25) is 4.98 Å². The van der Waals surface area contributed by atoms with Crippen LogP contribution < -0.4 is 10.5 Å². The summed E-state index contributed by atoms with van der Waals surface area (Å²) in [4.78, 5) is 8.20. The minimum absolute atomic E-state index is 0.472. The van der Waals surface area contributed by atoms with E-state index in [1.807, 2.05) is 19.1 Å². The number of hydrogen-bond donors (Lipinski definition) is 1. The van der Waals surface area contributed by atoms with Crippen molar-refractivity contribution in [3.8, 4) is 11.6 Å². The Hall–Kier alpha value is -1.62. The average molecular weight is 280 g/mol. The van der Waals surface area contributed by atoms with E-state index in [1.165, 1.54) is 0 Å². The van der Waals surface area contributed by atoms with Crippen LogP contribution in [0.4, 0.5) is 5.69 Å². The molecule has 0 unspecified atom stereocenters. The van der Waals surface area contributed by atoms with Gasteiger partial charge in [0, 0.05) is 5.69 Å². The van der Waals surface area contributed by atoms with Crippen molar-refractivity contribution in [3.05, 3.63) is 40.8 Å². The number of anilines is 1. The fourth-order valence-electron chi connectivity index (χ4n) is 1.14. The van der Waals surface area contributed by atoms with Crippen molar-refractivity contribution in [2.75, 3.05) is 5.73 Å². The molecule has 0 saturated carbocycles. The highest BCUT2D eigenvalue weighted by Crippen LogP contribution is 2.28. The van der Waals surface area contributed by atoms with Crippen molar-refractivity contribution in [2.45, 2.75) is 6.92 Å². The summed E-state index contributed by atoms with van der Waals surface area (Å²) < 4.78 is 6.26. The molecule has 2 aromatic rings. The molecule has 2 rings (SSSR count). The van der Waals surface area contributed by atoms with Crippen LogP contribution in [0.2, 0.25) is 0 Å². The van der Waals surface area contributed by atoms with Crippen LogP contribution in [0, 0.1) is 6.92 Å². The molecule has 0 saturated heterocycles. The Kier molecular flexibility index (Phi) is 3.05. The van der Waals surface area contributed by atoms with Crippen LogP contribution in [-0.4, -0.2) is 9.97 Å². The first-order valence-corrected chi connectivity index (χ1v) is 5.46. The van der Waals surface area contributed by atoms with E-state index in [-0.39, 0.29) is 0 Å². The highest BCUT2D eigenvalue weighted by atomic mass is 79.9. The van der Waals surface area contributed by atoms with E-state index < -0.39 is 0 Å². The fraction of sp³-hybridized carbons (Fsp3) is 0.0909. The molecule has 0 amide bonds. The summed E-state index contributed by atoms with van der Waals surface area (Å²) in [5, 5.41) is 0. The molecule has 2 N–H and O–H groups in total. The van der Waals surface area contributed by atoms with Gasteiger partial charge in [0.1, 0.15) is 5.75 Å². The van der Waals surface area contributed by atoms with Gasteiger partial charge >= 0.3 is 0 Å². The highest BCUT2D eigenvalue weighted by Gasteiger charge is 2.04. The van der Waals surface area contributed by atoms with E-state index in [1.54, 1.807) is 18.5 Å². The van der Waals surface area contributed by atoms with Gasteiger partial charge in [-0.1, -0.05) is 0 Å². The summed E-state index contributed by atoms with van der Waals surface area (Å²) in [5.41, 5.74) is 7.11. The summed E-state index contributed by atoms with van der Waals surface area (Å²) in [7, 11) is 0. The smallest absolute Gasteiger partial charge is 0.233 e. The Labute approximate surface area is 102 Å². The first-order chi connectivity index (χ1) is 7.65. The van der Waals surface area contributed by atoms with Gasteiger partial charge in [0.05, 0.1) is 22.6 Å². The van der Waals surface area contributed by atoms with Gasteiger partial charge in [-0.15, -0.1) is 0 Å². The quantitative estimate of drug-likeness (QED) is 0.918. The summed E-state index contributed by atoms with van der Waals surface area (Å²) in [6, 6.07) is 5.46. The number of rotatable bonds is 2. The molecule has 0 aliphatic heterocycles. The van der Waals surface area contributed by atoms with Crippen LogP contribution in [0.5, 0.6) is 11.6 Å². The molecule has 5 heteroatoms. The lowest BCUT2D eigenvalue weighted by Gasteiger charge is -2.06. The second kappa shape index (κ2) is 4.49. The zero-order chi connectivity index (χ0) is 11.5. The standard InChI is InChI=1S/C11H10BrN3O/c1-7-2-3-9(6-14-7)16-11-10(12)4-8(13)5-15-11/h2-6H,13H2,1H3. The lowest BCUT2D eigenvalue weighted by atomic mass is 10.4. The average Bonchev–Trinajstić information content (AvgIpc) is 2.25. The van der Waals surface area contributed by atoms with Crippen molar-refractivity contribution >= 4 is 21.6 Å². The van der Waals surface area contributed by atoms with Gasteiger partial charge < -0.3 is 10.5 Å². The van der Waals surface area contributed by atoms with Crippen molar-refractivity contribution in [2.24, 2.45) is 0 Å². The Morgan fingerprint density at radius 3 is 2.69 bits per heavy atom. The first-order valence-electron chi connectivity index (χ1n) is 4.66. The number of aryl methyl sites for hydroxylation is 1. The molecule has 82 valence electrons. The molecule has 0 aromatic carbocycles. The Morgan fingerprint density at radius 2 is 2.06 bits per heavy atom. The molecule has 4 nitrogen and oxygen atoms in total. The number of halogens is 1. The molecule has 2 heterocycles. The van der Waals surface area contributed by atoms with Crippen LogP contribution in [0.3, 0.4) is 0 Å². The third-order valence-corrected chi connectivity index (χ3v) is 2.50. The summed E-state index contributed by atoms with van der Waals surface area (Å²) in [5.74, 6) is 1.11. The Balaban J connectivity index is 2.23. The molecule has 0 atom stereocenters. The van der Waals surface area contributed by atoms with Crippen molar-refractivity contribution < 1.29 is 4.74 Å². The number of nitrogens with zero attached hydrogens (tertiary/aromatic N) is 2. The molecule has 2 aromatic heterocycles. The monoisotopic (exact) mass is 279 g/mol. The van der Waals surface area contributed by atoms with Crippen LogP contribution in [0.25, 0.3) is 0 Å². The molecule has 0 bridgehead atoms. The minimum Gasteiger partial charge on any atom is -0.436 e. The number of hydrogen-bond acceptors (Lipinski definition) is 4. The lowest BCUT2D eigenvalue weighted by molar-refractivity contribution is 0.457. The van der Waals surface area contributed by atoms with Crippen molar-refractivity contribution in [3.63, 3.8) is 0 Å². The molecular formula is C11H10BrN3O. The molecule has 0 radical (unpaired) electrons. The maximum absolute atomic E-state index is 5.58. The fourth-order valence-corrected chi connectivity index (χ4v) is 1.59. The van der Waals surface area contributed by atoms with Crippen LogP contribution in [-0.2, 0) is 0 Å². The molecule has 0 fully saturated rings. The predicted molar refractivity (Wildman–Crippen MR) is 65.4 cm³/mol. The second-order valence-electron chi connectivity index (χ2n) is 3.29. The van der Waals surface area contributed by atoms with Crippen LogP contribution in [0.1, 0.15) is 5.69 Å². The van der Waals surface area contributed by atoms with Gasteiger partial charge in [0.25, 0.3) is 0 Å². The SMILES string of the molecule is Cc1ccc(Oc2ncc(N)cc2Br)cn1. The minimum atomic E-state index is 0.472. The number of nitrogens with two attached hydrogens (primary N) is 1. The van der Waals surface area contributed by atoms with E-state index in [0.717, 1.165) is 5.69 Å². The van der Waals surface area contributed by atoms with E-state index in [4.69, 9.17) is 10.5 Å². The van der Waals surface area contributed by atoms with Gasteiger partial charge in [0.15, 0.2) is 0 Å². The zero-order valence-corrected chi connectivity index (χ0v) is 10.2. The molecular weight excluding hydrogens is 270 g/mol. The Morgan fingerprint density at radius 1 is 1.25 bits per heavy atom. The first kappa shape index (κ1) is 10.9. The van der Waals surface area contributed by atoms with E-state index >= 15 is 0 Å². The summed E-state index contributed by atoms with van der Waals surface area (Å²) >= 11 is 3.33. The van der Waals surface area contributed by atoms with Gasteiger partial charge in [0.2, 0.25) is 5.88 Å². The van der Waals surface area contributed by atoms with Crippen LogP contribution >= 0.6 is 15.9 Å². The third-order valence-electron chi connectivity index (χ3n) is 1.93. The van der Waals surface area contributed by atoms with E-state index in [2.05, 4.69) is 25.9 Å². The largest absolute Gasteiger partial charge is 0.436 e. The molecule has 0 aliphatic carbocycles. The van der Waals surface area contributed by atoms with E-state index in [9.17, 15) is 0 Å². The maximum Gasteiger partial charge on any atom is 0.233 e. The van der Waals surface area contributed by atoms with Crippen LogP contribution in [0.15, 0.2) is 35.1 Å². The third kappa shape index (κ3) is 2.49. The number of pyridine rings is 2. The predicted octanol–water partition coefficient (Wildman–Crippen LogP) is 2.92. The maximum atomic E-state index is 5.58. The van der Waals surface area contributed by atoms with Gasteiger partial charge in [-0.05, 0) is 41.1 Å². The zero-order valence-electron chi connectivity index (χ0n) is 8.64. The molecule has 16 heavy (non-hydrogen) atoms. The summed E-state index contributed by atoms with van der Waals surface area (Å²) in [6.45, 7) is 1.92. The summed E-state index contributed by atoms with van der Waals surface area (Å²) in [6.07, 6.45) is 3.20. The lowest BCUT2D eigenvalue weighted by Crippen LogP contribution is -1.93. The van der Waals surface area contributed by atoms with Crippen molar-refractivity contribution in [1.29, 1.82) is 0 Å². The topological polar surface area (TPSA) is 61.0 Å².